The van der Waals surface area contributed by atoms with Crippen LogP contribution in [0, 0.1) is 17.8 Å². The van der Waals surface area contributed by atoms with E-state index in [0.29, 0.717) is 6.42 Å². The van der Waals surface area contributed by atoms with Crippen molar-refractivity contribution < 1.29 is 19.8 Å². The van der Waals surface area contributed by atoms with Crippen LogP contribution in [0.4, 0.5) is 0 Å². The largest absolute Gasteiger partial charge is 0.481 e. The molecule has 5 heteroatoms. The van der Waals surface area contributed by atoms with Crippen LogP contribution < -0.4 is 5.32 Å². The Bertz CT molecular complexity index is 327. The molecular formula is C14H25NO4. The highest BCUT2D eigenvalue weighted by molar-refractivity contribution is 5.73. The van der Waals surface area contributed by atoms with E-state index in [1.807, 2.05) is 0 Å². The number of carboxylic acid groups (broad SMARTS) is 1. The Hall–Kier alpha value is -1.10. The Morgan fingerprint density at radius 2 is 1.84 bits per heavy atom. The number of rotatable bonds is 6. The average Bonchev–Trinajstić information content (AvgIpc) is 2.71. The molecule has 1 amide bonds. The number of aliphatic hydroxyl groups is 1. The molecule has 1 rings (SSSR count). The zero-order valence-electron chi connectivity index (χ0n) is 11.9. The predicted molar refractivity (Wildman–Crippen MR) is 71.5 cm³/mol. The molecule has 1 aliphatic carbocycles. The van der Waals surface area contributed by atoms with Crippen molar-refractivity contribution in [3.63, 3.8) is 0 Å². The van der Waals surface area contributed by atoms with Gasteiger partial charge in [-0.25, -0.2) is 0 Å². The molecule has 3 N–H and O–H groups in total. The highest BCUT2D eigenvalue weighted by Crippen LogP contribution is 2.37. The summed E-state index contributed by atoms with van der Waals surface area (Å²) in [5.41, 5.74) is 0. The van der Waals surface area contributed by atoms with Crippen molar-refractivity contribution in [3.05, 3.63) is 0 Å². The number of aliphatic carboxylic acids is 1. The van der Waals surface area contributed by atoms with Crippen LogP contribution in [0.1, 0.15) is 46.5 Å². The molecular weight excluding hydrogens is 246 g/mol. The minimum absolute atomic E-state index is 0.122. The van der Waals surface area contributed by atoms with E-state index in [0.717, 1.165) is 12.8 Å². The Kier molecular flexibility index (Phi) is 5.79. The van der Waals surface area contributed by atoms with Crippen LogP contribution in [-0.4, -0.2) is 34.2 Å². The molecule has 0 aromatic rings. The van der Waals surface area contributed by atoms with Gasteiger partial charge in [0.05, 0.1) is 12.0 Å². The third kappa shape index (κ3) is 3.93. The fraction of sp³-hybridized carbons (Fsp3) is 0.857. The second-order valence-corrected chi connectivity index (χ2v) is 5.54. The fourth-order valence-electron chi connectivity index (χ4n) is 3.24. The maximum atomic E-state index is 11.4. The van der Waals surface area contributed by atoms with Crippen molar-refractivity contribution >= 4 is 11.9 Å². The first kappa shape index (κ1) is 16.0. The van der Waals surface area contributed by atoms with E-state index in [-0.39, 0.29) is 30.2 Å². The Morgan fingerprint density at radius 1 is 1.26 bits per heavy atom. The first-order valence-corrected chi connectivity index (χ1v) is 7.08. The van der Waals surface area contributed by atoms with Gasteiger partial charge in [-0.1, -0.05) is 26.7 Å². The van der Waals surface area contributed by atoms with E-state index in [2.05, 4.69) is 19.2 Å². The number of carboxylic acids is 1. The van der Waals surface area contributed by atoms with Gasteiger partial charge in [-0.15, -0.1) is 0 Å². The van der Waals surface area contributed by atoms with E-state index in [9.17, 15) is 14.7 Å². The van der Waals surface area contributed by atoms with Crippen LogP contribution in [0.5, 0.6) is 0 Å². The first-order chi connectivity index (χ1) is 8.90. The number of hydrogen-bond donors (Lipinski definition) is 3. The van der Waals surface area contributed by atoms with E-state index >= 15 is 0 Å². The average molecular weight is 271 g/mol. The van der Waals surface area contributed by atoms with Gasteiger partial charge in [0, 0.05) is 18.9 Å². The molecule has 1 fully saturated rings. The van der Waals surface area contributed by atoms with Crippen molar-refractivity contribution in [1.29, 1.82) is 0 Å². The van der Waals surface area contributed by atoms with Gasteiger partial charge in [-0.05, 0) is 18.8 Å². The Balaban J connectivity index is 2.85. The molecule has 0 aliphatic heterocycles. The van der Waals surface area contributed by atoms with Crippen LogP contribution in [0.3, 0.4) is 0 Å². The summed E-state index contributed by atoms with van der Waals surface area (Å²) >= 11 is 0. The van der Waals surface area contributed by atoms with Crippen LogP contribution in [0.15, 0.2) is 0 Å². The van der Waals surface area contributed by atoms with E-state index < -0.39 is 18.0 Å². The van der Waals surface area contributed by atoms with Crippen LogP contribution >= 0.6 is 0 Å². The van der Waals surface area contributed by atoms with Gasteiger partial charge in [0.25, 0.3) is 0 Å². The molecule has 1 unspecified atom stereocenters. The van der Waals surface area contributed by atoms with Crippen molar-refractivity contribution in [3.8, 4) is 0 Å². The normalized spacial score (nSPS) is 28.4. The lowest BCUT2D eigenvalue weighted by atomic mass is 9.82. The molecule has 0 radical (unpaired) electrons. The summed E-state index contributed by atoms with van der Waals surface area (Å²) in [5, 5.41) is 22.1. The van der Waals surface area contributed by atoms with Crippen molar-refractivity contribution in [1.82, 2.24) is 5.32 Å². The molecule has 5 nitrogen and oxygen atoms in total. The van der Waals surface area contributed by atoms with Crippen molar-refractivity contribution in [2.24, 2.45) is 17.8 Å². The number of hydrogen-bond acceptors (Lipinski definition) is 3. The minimum Gasteiger partial charge on any atom is -0.481 e. The lowest BCUT2D eigenvalue weighted by molar-refractivity contribution is -0.141. The van der Waals surface area contributed by atoms with Crippen molar-refractivity contribution in [2.45, 2.75) is 58.6 Å². The van der Waals surface area contributed by atoms with E-state index in [4.69, 9.17) is 5.11 Å². The third-order valence-electron chi connectivity index (χ3n) is 4.31. The van der Waals surface area contributed by atoms with Gasteiger partial charge < -0.3 is 15.5 Å². The Morgan fingerprint density at radius 3 is 2.21 bits per heavy atom. The third-order valence-corrected chi connectivity index (χ3v) is 4.31. The van der Waals surface area contributed by atoms with Crippen LogP contribution in [-0.2, 0) is 9.59 Å². The van der Waals surface area contributed by atoms with Crippen molar-refractivity contribution in [2.75, 3.05) is 0 Å². The zero-order valence-corrected chi connectivity index (χ0v) is 11.9. The summed E-state index contributed by atoms with van der Waals surface area (Å²) in [6.45, 7) is 5.57. The fourth-order valence-corrected chi connectivity index (χ4v) is 3.24. The van der Waals surface area contributed by atoms with Gasteiger partial charge in [0.1, 0.15) is 0 Å². The molecule has 0 heterocycles. The summed E-state index contributed by atoms with van der Waals surface area (Å²) in [5.74, 6) is -1.35. The van der Waals surface area contributed by atoms with Gasteiger partial charge in [0.2, 0.25) is 5.91 Å². The quantitative estimate of drug-likeness (QED) is 0.681. The highest BCUT2D eigenvalue weighted by atomic mass is 16.4. The lowest BCUT2D eigenvalue weighted by Crippen LogP contribution is -2.46. The maximum absolute atomic E-state index is 11.4. The van der Waals surface area contributed by atoms with Gasteiger partial charge in [0.15, 0.2) is 0 Å². The maximum Gasteiger partial charge on any atom is 0.306 e. The Labute approximate surface area is 114 Å². The summed E-state index contributed by atoms with van der Waals surface area (Å²) in [4.78, 5) is 22.4. The summed E-state index contributed by atoms with van der Waals surface area (Å²) in [7, 11) is 0. The smallest absolute Gasteiger partial charge is 0.306 e. The van der Waals surface area contributed by atoms with Gasteiger partial charge in [-0.3, -0.25) is 9.59 Å². The molecule has 4 atom stereocenters. The predicted octanol–water partition coefficient (Wildman–Crippen LogP) is 1.40. The molecule has 0 spiro atoms. The zero-order chi connectivity index (χ0) is 14.6. The summed E-state index contributed by atoms with van der Waals surface area (Å²) in [6.07, 6.45) is 1.90. The number of carbonyl (C=O) groups excluding carboxylic acids is 1. The molecule has 19 heavy (non-hydrogen) atoms. The number of nitrogens with one attached hydrogen (secondary N) is 1. The summed E-state index contributed by atoms with van der Waals surface area (Å²) < 4.78 is 0. The first-order valence-electron chi connectivity index (χ1n) is 7.08. The number of carbonyl (C=O) groups is 2. The van der Waals surface area contributed by atoms with E-state index in [1.165, 1.54) is 6.92 Å². The molecule has 110 valence electrons. The van der Waals surface area contributed by atoms with Crippen LogP contribution in [0.25, 0.3) is 0 Å². The highest BCUT2D eigenvalue weighted by Gasteiger charge is 2.43. The molecule has 1 aliphatic rings. The number of aliphatic hydroxyl groups excluding tert-OH is 1. The number of amides is 1. The van der Waals surface area contributed by atoms with E-state index in [1.54, 1.807) is 0 Å². The minimum atomic E-state index is -0.854. The molecule has 0 bridgehead atoms. The van der Waals surface area contributed by atoms with Gasteiger partial charge >= 0.3 is 5.97 Å². The molecule has 0 aromatic heterocycles. The monoisotopic (exact) mass is 271 g/mol. The second kappa shape index (κ2) is 6.89. The molecule has 0 aromatic carbocycles. The SMILES string of the molecule is CCC(CC)C(NC(C)=O)[C@H]1C[C@H](C(=O)O)C[C@H]1O. The van der Waals surface area contributed by atoms with Gasteiger partial charge in [-0.2, -0.15) is 0 Å². The second-order valence-electron chi connectivity index (χ2n) is 5.54. The molecule has 1 saturated carbocycles. The summed E-state index contributed by atoms with van der Waals surface area (Å²) in [6, 6.07) is -0.133. The standard InChI is InChI=1S/C14H25NO4/c1-4-9(5-2)13(15-8(3)16)11-6-10(14(18)19)7-12(11)17/h9-13,17H,4-7H2,1-3H3,(H,15,16)(H,18,19)/t10-,11-,12+,13?/m0/s1. The lowest BCUT2D eigenvalue weighted by Gasteiger charge is -2.33. The topological polar surface area (TPSA) is 86.6 Å². The van der Waals surface area contributed by atoms with Crippen LogP contribution in [0.2, 0.25) is 0 Å². The molecule has 0 saturated heterocycles.